The highest BCUT2D eigenvalue weighted by Gasteiger charge is 2.12. The molecule has 0 aliphatic carbocycles. The highest BCUT2D eigenvalue weighted by molar-refractivity contribution is 9.10. The van der Waals surface area contributed by atoms with Gasteiger partial charge < -0.3 is 4.74 Å². The molecular formula is C14H9BrN2O3. The van der Waals surface area contributed by atoms with Gasteiger partial charge in [-0.05, 0) is 12.1 Å². The first-order chi connectivity index (χ1) is 9.61. The third-order valence-electron chi connectivity index (χ3n) is 2.64. The molecule has 0 bridgehead atoms. The predicted molar refractivity (Wildman–Crippen MR) is 76.3 cm³/mol. The van der Waals surface area contributed by atoms with Crippen LogP contribution in [0.2, 0.25) is 0 Å². The molecule has 0 aromatic heterocycles. The lowest BCUT2D eigenvalue weighted by Gasteiger charge is -2.09. The fourth-order valence-electron chi connectivity index (χ4n) is 1.62. The number of nitro benzene ring substituents is 1. The second-order valence-corrected chi connectivity index (χ2v) is 4.78. The van der Waals surface area contributed by atoms with Crippen molar-refractivity contribution < 1.29 is 9.66 Å². The molecule has 20 heavy (non-hydrogen) atoms. The topological polar surface area (TPSA) is 76.2 Å². The van der Waals surface area contributed by atoms with Crippen molar-refractivity contribution in [3.05, 3.63) is 68.2 Å². The predicted octanol–water partition coefficient (Wildman–Crippen LogP) is 3.81. The highest BCUT2D eigenvalue weighted by Crippen LogP contribution is 2.25. The van der Waals surface area contributed by atoms with E-state index in [1.54, 1.807) is 0 Å². The molecule has 5 nitrogen and oxygen atoms in total. The maximum absolute atomic E-state index is 10.7. The van der Waals surface area contributed by atoms with Crippen molar-refractivity contribution >= 4 is 21.6 Å². The molecule has 0 fully saturated rings. The average molecular weight is 333 g/mol. The van der Waals surface area contributed by atoms with Crippen molar-refractivity contribution in [3.63, 3.8) is 0 Å². The zero-order valence-corrected chi connectivity index (χ0v) is 11.8. The van der Waals surface area contributed by atoms with Gasteiger partial charge in [-0.3, -0.25) is 10.1 Å². The molecule has 0 saturated heterocycles. The van der Waals surface area contributed by atoms with E-state index in [1.165, 1.54) is 18.2 Å². The van der Waals surface area contributed by atoms with Crippen LogP contribution in [0.1, 0.15) is 11.1 Å². The number of benzene rings is 2. The zero-order valence-electron chi connectivity index (χ0n) is 10.2. The summed E-state index contributed by atoms with van der Waals surface area (Å²) in [5, 5.41) is 19.7. The van der Waals surface area contributed by atoms with Gasteiger partial charge in [0, 0.05) is 22.2 Å². The first-order valence-electron chi connectivity index (χ1n) is 5.66. The van der Waals surface area contributed by atoms with Crippen LogP contribution >= 0.6 is 15.9 Å². The molecule has 100 valence electrons. The molecule has 0 unspecified atom stereocenters. The van der Waals surface area contributed by atoms with Crippen LogP contribution < -0.4 is 4.74 Å². The number of ether oxygens (including phenoxy) is 1. The van der Waals surface area contributed by atoms with Gasteiger partial charge in [0.1, 0.15) is 24.0 Å². The first kappa shape index (κ1) is 14.0. The molecule has 2 rings (SSSR count). The summed E-state index contributed by atoms with van der Waals surface area (Å²) in [6.45, 7) is 0.272. The van der Waals surface area contributed by atoms with Gasteiger partial charge in [-0.1, -0.05) is 34.1 Å². The van der Waals surface area contributed by atoms with Gasteiger partial charge in [-0.25, -0.2) is 0 Å². The summed E-state index contributed by atoms with van der Waals surface area (Å²) in [7, 11) is 0. The second-order valence-electron chi connectivity index (χ2n) is 3.93. The summed E-state index contributed by atoms with van der Waals surface area (Å²) < 4.78 is 6.46. The van der Waals surface area contributed by atoms with Gasteiger partial charge >= 0.3 is 0 Å². The number of hydrogen-bond donors (Lipinski definition) is 0. The minimum atomic E-state index is -0.543. The van der Waals surface area contributed by atoms with Gasteiger partial charge in [0.15, 0.2) is 0 Å². The number of rotatable bonds is 4. The normalized spacial score (nSPS) is 9.80. The molecule has 0 atom stereocenters. The van der Waals surface area contributed by atoms with Crippen LogP contribution in [0.5, 0.6) is 5.75 Å². The van der Waals surface area contributed by atoms with Gasteiger partial charge in [-0.2, -0.15) is 5.26 Å². The van der Waals surface area contributed by atoms with E-state index in [9.17, 15) is 10.1 Å². The number of nitriles is 1. The van der Waals surface area contributed by atoms with Crippen LogP contribution in [0.15, 0.2) is 46.9 Å². The monoisotopic (exact) mass is 332 g/mol. The molecule has 0 saturated carbocycles. The first-order valence-corrected chi connectivity index (χ1v) is 6.46. The molecule has 0 aliphatic rings. The lowest BCUT2D eigenvalue weighted by Crippen LogP contribution is -1.99. The van der Waals surface area contributed by atoms with E-state index in [2.05, 4.69) is 15.9 Å². The quantitative estimate of drug-likeness (QED) is 0.630. The van der Waals surface area contributed by atoms with Crippen molar-refractivity contribution in [2.45, 2.75) is 6.61 Å². The van der Waals surface area contributed by atoms with E-state index in [-0.39, 0.29) is 17.9 Å². The third-order valence-corrected chi connectivity index (χ3v) is 3.41. The SMILES string of the molecule is N#Cc1cc([N+](=O)[O-])ccc1OCc1ccccc1Br. The van der Waals surface area contributed by atoms with E-state index in [0.717, 1.165) is 10.0 Å². The van der Waals surface area contributed by atoms with Crippen LogP contribution in [0.3, 0.4) is 0 Å². The summed E-state index contributed by atoms with van der Waals surface area (Å²) >= 11 is 3.40. The minimum absolute atomic E-state index is 0.130. The van der Waals surface area contributed by atoms with E-state index in [1.807, 2.05) is 30.3 Å². The summed E-state index contributed by atoms with van der Waals surface area (Å²) in [6, 6.07) is 13.4. The van der Waals surface area contributed by atoms with Crippen molar-refractivity contribution in [2.24, 2.45) is 0 Å². The standard InChI is InChI=1S/C14H9BrN2O3/c15-13-4-2-1-3-10(13)9-20-14-6-5-12(17(18)19)7-11(14)8-16/h1-7H,9H2. The maximum atomic E-state index is 10.7. The van der Waals surface area contributed by atoms with Gasteiger partial charge in [0.25, 0.3) is 5.69 Å². The van der Waals surface area contributed by atoms with Crippen LogP contribution in [-0.4, -0.2) is 4.92 Å². The molecule has 6 heteroatoms. The van der Waals surface area contributed by atoms with Crippen LogP contribution in [0.25, 0.3) is 0 Å². The number of nitro groups is 1. The lowest BCUT2D eigenvalue weighted by molar-refractivity contribution is -0.384. The van der Waals surface area contributed by atoms with E-state index in [0.29, 0.717) is 5.75 Å². The fraction of sp³-hybridized carbons (Fsp3) is 0.0714. The number of nitrogens with zero attached hydrogens (tertiary/aromatic N) is 2. The molecule has 0 aliphatic heterocycles. The summed E-state index contributed by atoms with van der Waals surface area (Å²) in [6.07, 6.45) is 0. The number of halogens is 1. The van der Waals surface area contributed by atoms with Crippen molar-refractivity contribution in [3.8, 4) is 11.8 Å². The Bertz CT molecular complexity index is 695. The Hall–Kier alpha value is -2.39. The molecule has 0 spiro atoms. The Labute approximate surface area is 123 Å². The van der Waals surface area contributed by atoms with E-state index < -0.39 is 4.92 Å². The summed E-state index contributed by atoms with van der Waals surface area (Å²) in [5.74, 6) is 0.328. The molecule has 0 N–H and O–H groups in total. The van der Waals surface area contributed by atoms with Crippen molar-refractivity contribution in [1.29, 1.82) is 5.26 Å². The molecule has 0 amide bonds. The Balaban J connectivity index is 2.20. The van der Waals surface area contributed by atoms with Crippen LogP contribution in [-0.2, 0) is 6.61 Å². The molecule has 2 aromatic carbocycles. The molecule has 2 aromatic rings. The lowest BCUT2D eigenvalue weighted by atomic mass is 10.2. The van der Waals surface area contributed by atoms with Gasteiger partial charge in [0.2, 0.25) is 0 Å². The number of hydrogen-bond acceptors (Lipinski definition) is 4. The third kappa shape index (κ3) is 3.13. The second kappa shape index (κ2) is 6.17. The Morgan fingerprint density at radius 2 is 2.05 bits per heavy atom. The summed E-state index contributed by atoms with van der Waals surface area (Å²) in [4.78, 5) is 10.1. The number of non-ortho nitro benzene ring substituents is 1. The maximum Gasteiger partial charge on any atom is 0.271 e. The zero-order chi connectivity index (χ0) is 14.5. The minimum Gasteiger partial charge on any atom is -0.487 e. The average Bonchev–Trinajstić information content (AvgIpc) is 2.46. The largest absolute Gasteiger partial charge is 0.487 e. The Kier molecular flexibility index (Phi) is 4.33. The summed E-state index contributed by atoms with van der Waals surface area (Å²) in [5.41, 5.74) is 0.941. The molecule has 0 heterocycles. The van der Waals surface area contributed by atoms with E-state index in [4.69, 9.17) is 10.00 Å². The molecular weight excluding hydrogens is 324 g/mol. The Morgan fingerprint density at radius 1 is 1.30 bits per heavy atom. The van der Waals surface area contributed by atoms with Crippen LogP contribution in [0, 0.1) is 21.4 Å². The van der Waals surface area contributed by atoms with Gasteiger partial charge in [0.05, 0.1) is 4.92 Å². The van der Waals surface area contributed by atoms with E-state index >= 15 is 0 Å². The van der Waals surface area contributed by atoms with Crippen LogP contribution in [0.4, 0.5) is 5.69 Å². The van der Waals surface area contributed by atoms with Crippen molar-refractivity contribution in [1.82, 2.24) is 0 Å². The fourth-order valence-corrected chi connectivity index (χ4v) is 2.01. The van der Waals surface area contributed by atoms with Crippen molar-refractivity contribution in [2.75, 3.05) is 0 Å². The smallest absolute Gasteiger partial charge is 0.271 e. The van der Waals surface area contributed by atoms with Gasteiger partial charge in [-0.15, -0.1) is 0 Å². The Morgan fingerprint density at radius 3 is 2.70 bits per heavy atom. The molecule has 0 radical (unpaired) electrons. The highest BCUT2D eigenvalue weighted by atomic mass is 79.9.